The van der Waals surface area contributed by atoms with Gasteiger partial charge in [0.25, 0.3) is 6.29 Å². The van der Waals surface area contributed by atoms with Crippen LogP contribution in [-0.2, 0) is 33.3 Å². The van der Waals surface area contributed by atoms with E-state index in [1.807, 2.05) is 21.1 Å². The van der Waals surface area contributed by atoms with E-state index >= 15 is 0 Å². The van der Waals surface area contributed by atoms with E-state index < -0.39 is 24.3 Å². The molecule has 0 rings (SSSR count). The maximum Gasteiger partial charge on any atom is 0.361 e. The minimum absolute atomic E-state index is 0.184. The van der Waals surface area contributed by atoms with E-state index in [-0.39, 0.29) is 32.2 Å². The first-order chi connectivity index (χ1) is 46.6. The summed E-state index contributed by atoms with van der Waals surface area (Å²) in [5.74, 6) is -2.00. The van der Waals surface area contributed by atoms with Gasteiger partial charge in [0.1, 0.15) is 13.2 Å². The fourth-order valence-electron chi connectivity index (χ4n) is 11.0. The molecule has 9 nitrogen and oxygen atoms in total. The monoisotopic (exact) mass is 1320 g/mol. The molecule has 0 fully saturated rings. The first-order valence-electron chi connectivity index (χ1n) is 39.3. The van der Waals surface area contributed by atoms with Crippen molar-refractivity contribution in [3.05, 3.63) is 134 Å². The van der Waals surface area contributed by atoms with Gasteiger partial charge in [0.2, 0.25) is 0 Å². The largest absolute Gasteiger partial charge is 0.477 e. The molecule has 2 atom stereocenters. The van der Waals surface area contributed by atoms with Crippen LogP contribution in [0.1, 0.15) is 335 Å². The number of rotatable bonds is 72. The summed E-state index contributed by atoms with van der Waals surface area (Å²) < 4.78 is 23.0. The first-order valence-corrected chi connectivity index (χ1v) is 39.3. The van der Waals surface area contributed by atoms with Crippen LogP contribution in [0.3, 0.4) is 0 Å². The number of nitrogens with zero attached hydrogens (tertiary/aromatic N) is 1. The lowest BCUT2D eigenvalue weighted by Crippen LogP contribution is -2.40. The smallest absolute Gasteiger partial charge is 0.361 e. The molecule has 0 amide bonds. The van der Waals surface area contributed by atoms with Crippen LogP contribution in [-0.4, -0.2) is 87.4 Å². The second kappa shape index (κ2) is 75.2. The summed E-state index contributed by atoms with van der Waals surface area (Å²) in [5, 5.41) is 9.77. The van der Waals surface area contributed by atoms with Gasteiger partial charge in [0.05, 0.1) is 34.4 Å². The standard InChI is InChI=1S/C86H147NO8/c1-6-8-10-12-14-16-18-20-22-24-26-28-30-32-34-36-38-39-40-41-42-43-44-45-47-48-50-52-54-56-58-60-62-64-66-68-70-72-74-76-83(88)93-80-82(81-94-86(85(90)91)92-79-78-87(3,4)5)95-84(89)77-75-73-71-69-67-65-63-61-59-57-55-53-51-49-46-37-35-33-31-29-27-25-23-21-19-17-15-13-11-9-7-2/h8-11,14-17,20-23,26-29,32-35,46,49,82,86H,6-7,12-13,18-19,24-25,30-31,36-45,47-48,50-81H2,1-5H3/p+1/b10-8-,11-9-,16-14-,17-15-,22-20-,23-21-,28-26-,29-27-,34-32-,35-33-,49-46-. The minimum Gasteiger partial charge on any atom is -0.477 e. The van der Waals surface area contributed by atoms with Crippen molar-refractivity contribution in [1.82, 2.24) is 0 Å². The lowest BCUT2D eigenvalue weighted by molar-refractivity contribution is -0.870. The molecular weight excluding hydrogens is 1170 g/mol. The summed E-state index contributed by atoms with van der Waals surface area (Å²) in [6, 6.07) is 0. The van der Waals surface area contributed by atoms with Gasteiger partial charge in [-0.15, -0.1) is 0 Å². The normalized spacial score (nSPS) is 13.4. The van der Waals surface area contributed by atoms with Crippen molar-refractivity contribution in [3.63, 3.8) is 0 Å². The van der Waals surface area contributed by atoms with Crippen molar-refractivity contribution in [1.29, 1.82) is 0 Å². The maximum atomic E-state index is 13.0. The van der Waals surface area contributed by atoms with Crippen molar-refractivity contribution in [3.8, 4) is 0 Å². The quantitative estimate of drug-likeness (QED) is 0.0211. The van der Waals surface area contributed by atoms with E-state index in [0.717, 1.165) is 109 Å². The van der Waals surface area contributed by atoms with Gasteiger partial charge in [-0.1, -0.05) is 347 Å². The van der Waals surface area contributed by atoms with Crippen molar-refractivity contribution in [2.24, 2.45) is 0 Å². The number of carboxylic acids is 1. The third-order valence-electron chi connectivity index (χ3n) is 16.9. The van der Waals surface area contributed by atoms with E-state index in [1.54, 1.807) is 0 Å². The Kier molecular flexibility index (Phi) is 71.6. The molecule has 0 aromatic carbocycles. The highest BCUT2D eigenvalue weighted by molar-refractivity contribution is 5.71. The van der Waals surface area contributed by atoms with Crippen molar-refractivity contribution in [2.45, 2.75) is 347 Å². The molecule has 0 spiro atoms. The summed E-state index contributed by atoms with van der Waals surface area (Å²) in [6.07, 6.45) is 106. The molecule has 0 aliphatic carbocycles. The number of hydrogen-bond acceptors (Lipinski definition) is 7. The number of likely N-dealkylation sites (N-methyl/N-ethyl adjacent to an activating group) is 1. The highest BCUT2D eigenvalue weighted by Crippen LogP contribution is 2.18. The molecule has 1 N–H and O–H groups in total. The SMILES string of the molecule is CC/C=C\C/C=C\C/C=C\C/C=C\C/C=C\C/C=C\CCCCCCCCCCCCCCC(=O)OC(COC(=O)CCCCCCCCCCCCCCCCCCCCCCCCC/C=C\C/C=C\C/C=C\C/C=C\C/C=C\CC)COC(OCC[N+](C)(C)C)C(=O)O. The number of quaternary nitrogens is 1. The average molecular weight is 1320 g/mol. The van der Waals surface area contributed by atoms with Crippen LogP contribution < -0.4 is 0 Å². The van der Waals surface area contributed by atoms with Gasteiger partial charge < -0.3 is 28.5 Å². The van der Waals surface area contributed by atoms with Gasteiger partial charge in [-0.05, 0) is 109 Å². The number of aliphatic carboxylic acids is 1. The number of unbranched alkanes of at least 4 members (excludes halogenated alkanes) is 35. The first kappa shape index (κ1) is 90.4. The number of esters is 2. The van der Waals surface area contributed by atoms with Crippen molar-refractivity contribution >= 4 is 17.9 Å². The Balaban J connectivity index is 4.02. The molecule has 2 unspecified atom stereocenters. The van der Waals surface area contributed by atoms with E-state index in [1.165, 1.54) is 193 Å². The number of hydrogen-bond donors (Lipinski definition) is 1. The molecule has 544 valence electrons. The van der Waals surface area contributed by atoms with Crippen LogP contribution in [0.5, 0.6) is 0 Å². The van der Waals surface area contributed by atoms with E-state index in [4.69, 9.17) is 18.9 Å². The van der Waals surface area contributed by atoms with Crippen LogP contribution in [0.4, 0.5) is 0 Å². The summed E-state index contributed by atoms with van der Waals surface area (Å²) in [7, 11) is 5.98. The average Bonchev–Trinajstić information content (AvgIpc) is 3.24. The zero-order valence-corrected chi connectivity index (χ0v) is 62.3. The number of carbonyl (C=O) groups excluding carboxylic acids is 2. The predicted octanol–water partition coefficient (Wildman–Crippen LogP) is 25.3. The van der Waals surface area contributed by atoms with Gasteiger partial charge >= 0.3 is 17.9 Å². The molecule has 0 radical (unpaired) electrons. The molecule has 9 heteroatoms. The Labute approximate surface area is 586 Å². The van der Waals surface area contributed by atoms with Crippen LogP contribution in [0, 0.1) is 0 Å². The maximum absolute atomic E-state index is 13.0. The molecular formula is C86H148NO8+. The van der Waals surface area contributed by atoms with Crippen molar-refractivity contribution < 1.29 is 42.9 Å². The molecule has 0 aliphatic rings. The van der Waals surface area contributed by atoms with Gasteiger partial charge in [-0.3, -0.25) is 9.59 Å². The zero-order valence-electron chi connectivity index (χ0n) is 62.3. The van der Waals surface area contributed by atoms with Crippen molar-refractivity contribution in [2.75, 3.05) is 47.5 Å². The van der Waals surface area contributed by atoms with Gasteiger partial charge in [-0.2, -0.15) is 0 Å². The number of allylic oxidation sites excluding steroid dienone is 22. The Morgan fingerprint density at radius 1 is 0.316 bits per heavy atom. The molecule has 0 bridgehead atoms. The number of ether oxygens (including phenoxy) is 4. The molecule has 95 heavy (non-hydrogen) atoms. The third kappa shape index (κ3) is 76.7. The Morgan fingerprint density at radius 3 is 0.842 bits per heavy atom. The van der Waals surface area contributed by atoms with E-state index in [0.29, 0.717) is 23.9 Å². The number of carbonyl (C=O) groups is 3. The summed E-state index contributed by atoms with van der Waals surface area (Å²) in [5.41, 5.74) is 0. The van der Waals surface area contributed by atoms with E-state index in [9.17, 15) is 19.5 Å². The van der Waals surface area contributed by atoms with Crippen LogP contribution in [0.25, 0.3) is 0 Å². The van der Waals surface area contributed by atoms with E-state index in [2.05, 4.69) is 148 Å². The Hall–Kier alpha value is -4.57. The zero-order chi connectivity index (χ0) is 69.0. The summed E-state index contributed by atoms with van der Waals surface area (Å²) in [6.45, 7) is 4.68. The topological polar surface area (TPSA) is 108 Å². The van der Waals surface area contributed by atoms with Gasteiger partial charge in [0, 0.05) is 12.8 Å². The molecule has 0 aliphatic heterocycles. The minimum atomic E-state index is -1.52. The van der Waals surface area contributed by atoms with Gasteiger partial charge in [0.15, 0.2) is 6.10 Å². The molecule has 0 saturated carbocycles. The molecule has 0 aromatic heterocycles. The predicted molar refractivity (Wildman–Crippen MR) is 410 cm³/mol. The summed E-state index contributed by atoms with van der Waals surface area (Å²) >= 11 is 0. The van der Waals surface area contributed by atoms with Crippen LogP contribution in [0.2, 0.25) is 0 Å². The third-order valence-corrected chi connectivity index (χ3v) is 16.9. The Morgan fingerprint density at radius 2 is 0.568 bits per heavy atom. The second-order valence-electron chi connectivity index (χ2n) is 27.3. The van der Waals surface area contributed by atoms with Crippen LogP contribution in [0.15, 0.2) is 134 Å². The fraction of sp³-hybridized carbons (Fsp3) is 0.709. The lowest BCUT2D eigenvalue weighted by Gasteiger charge is -2.25. The van der Waals surface area contributed by atoms with Gasteiger partial charge in [-0.25, -0.2) is 4.79 Å². The second-order valence-corrected chi connectivity index (χ2v) is 27.3. The molecule has 0 saturated heterocycles. The highest BCUT2D eigenvalue weighted by Gasteiger charge is 2.25. The highest BCUT2D eigenvalue weighted by atomic mass is 16.7. The summed E-state index contributed by atoms with van der Waals surface area (Å²) in [4.78, 5) is 37.7. The number of carboxylic acid groups (broad SMARTS) is 1. The molecule has 0 aromatic rings. The fourth-order valence-corrected chi connectivity index (χ4v) is 11.0. The molecule has 0 heterocycles. The van der Waals surface area contributed by atoms with Crippen LogP contribution >= 0.6 is 0 Å². The Bertz CT molecular complexity index is 2030. The lowest BCUT2D eigenvalue weighted by atomic mass is 10.0.